The Hall–Kier alpha value is -2.15. The molecule has 0 unspecified atom stereocenters. The van der Waals surface area contributed by atoms with Crippen molar-refractivity contribution in [1.82, 2.24) is 19.7 Å². The second kappa shape index (κ2) is 5.87. The maximum atomic E-state index is 5.51. The summed E-state index contributed by atoms with van der Waals surface area (Å²) in [5, 5.41) is 7.74. The molecule has 2 heterocycles. The highest BCUT2D eigenvalue weighted by Gasteiger charge is 2.12. The molecule has 0 radical (unpaired) electrons. The quantitative estimate of drug-likeness (QED) is 0.567. The lowest BCUT2D eigenvalue weighted by atomic mass is 10.2. The molecule has 0 amide bonds. The van der Waals surface area contributed by atoms with E-state index in [-0.39, 0.29) is 0 Å². The molecule has 108 valence electrons. The maximum Gasteiger partial charge on any atom is 0.148 e. The maximum absolute atomic E-state index is 5.51. The van der Waals surface area contributed by atoms with Crippen molar-refractivity contribution in [2.45, 2.75) is 33.6 Å². The van der Waals surface area contributed by atoms with Crippen LogP contribution in [0.3, 0.4) is 0 Å². The predicted molar refractivity (Wildman–Crippen MR) is 79.8 cm³/mol. The highest BCUT2D eigenvalue weighted by Crippen LogP contribution is 2.25. The highest BCUT2D eigenvalue weighted by atomic mass is 15.3. The van der Waals surface area contributed by atoms with Gasteiger partial charge in [0, 0.05) is 25.2 Å². The van der Waals surface area contributed by atoms with Crippen LogP contribution in [0.1, 0.15) is 30.9 Å². The molecular weight excluding hydrogens is 254 g/mol. The molecule has 7 nitrogen and oxygen atoms in total. The third-order valence-electron chi connectivity index (χ3n) is 3.14. The summed E-state index contributed by atoms with van der Waals surface area (Å²) in [6.07, 6.45) is 3.55. The SMILES string of the molecule is CCc1nc(NN)c(C)c(Nc2cn(C)nc2CC)n1. The van der Waals surface area contributed by atoms with Crippen molar-refractivity contribution in [3.63, 3.8) is 0 Å². The normalized spacial score (nSPS) is 10.7. The van der Waals surface area contributed by atoms with Gasteiger partial charge in [-0.25, -0.2) is 15.8 Å². The van der Waals surface area contributed by atoms with E-state index in [1.165, 1.54) is 0 Å². The number of nitrogens with zero attached hydrogens (tertiary/aromatic N) is 4. The summed E-state index contributed by atoms with van der Waals surface area (Å²) in [6.45, 7) is 6.01. The molecule has 0 fully saturated rings. The molecule has 2 aromatic rings. The van der Waals surface area contributed by atoms with Gasteiger partial charge in [0.15, 0.2) is 0 Å². The topological polar surface area (TPSA) is 93.7 Å². The zero-order valence-electron chi connectivity index (χ0n) is 12.4. The van der Waals surface area contributed by atoms with Crippen LogP contribution in [0.4, 0.5) is 17.3 Å². The van der Waals surface area contributed by atoms with Gasteiger partial charge in [0.2, 0.25) is 0 Å². The summed E-state index contributed by atoms with van der Waals surface area (Å²) in [5.41, 5.74) is 5.47. The molecular formula is C13H21N7. The zero-order chi connectivity index (χ0) is 14.7. The molecule has 0 aromatic carbocycles. The molecule has 0 aliphatic carbocycles. The van der Waals surface area contributed by atoms with E-state index in [1.807, 2.05) is 27.1 Å². The van der Waals surface area contributed by atoms with Crippen LogP contribution in [-0.4, -0.2) is 19.7 Å². The van der Waals surface area contributed by atoms with Gasteiger partial charge < -0.3 is 10.7 Å². The van der Waals surface area contributed by atoms with Crippen LogP contribution >= 0.6 is 0 Å². The summed E-state index contributed by atoms with van der Waals surface area (Å²) >= 11 is 0. The molecule has 0 bridgehead atoms. The summed E-state index contributed by atoms with van der Waals surface area (Å²) in [5.74, 6) is 7.65. The summed E-state index contributed by atoms with van der Waals surface area (Å²) in [6, 6.07) is 0. The fourth-order valence-electron chi connectivity index (χ4n) is 2.01. The number of aryl methyl sites for hydroxylation is 3. The first-order chi connectivity index (χ1) is 9.58. The van der Waals surface area contributed by atoms with Crippen molar-refractivity contribution in [3.05, 3.63) is 23.3 Å². The first-order valence-electron chi connectivity index (χ1n) is 6.72. The number of nitrogens with two attached hydrogens (primary N) is 1. The van der Waals surface area contributed by atoms with E-state index >= 15 is 0 Å². The van der Waals surface area contributed by atoms with Gasteiger partial charge in [-0.15, -0.1) is 0 Å². The van der Waals surface area contributed by atoms with Crippen LogP contribution in [0.5, 0.6) is 0 Å². The Bertz CT molecular complexity index is 603. The smallest absolute Gasteiger partial charge is 0.148 e. The van der Waals surface area contributed by atoms with Crippen molar-refractivity contribution in [3.8, 4) is 0 Å². The van der Waals surface area contributed by atoms with E-state index < -0.39 is 0 Å². The molecule has 0 aliphatic rings. The molecule has 0 saturated heterocycles. The van der Waals surface area contributed by atoms with Gasteiger partial charge in [-0.3, -0.25) is 4.68 Å². The van der Waals surface area contributed by atoms with Crippen LogP contribution < -0.4 is 16.6 Å². The highest BCUT2D eigenvalue weighted by molar-refractivity contribution is 5.65. The number of rotatable bonds is 5. The van der Waals surface area contributed by atoms with E-state index in [0.29, 0.717) is 5.82 Å². The van der Waals surface area contributed by atoms with Gasteiger partial charge in [-0.2, -0.15) is 5.10 Å². The van der Waals surface area contributed by atoms with Gasteiger partial charge >= 0.3 is 0 Å². The molecule has 4 N–H and O–H groups in total. The zero-order valence-corrected chi connectivity index (χ0v) is 12.4. The molecule has 20 heavy (non-hydrogen) atoms. The third-order valence-corrected chi connectivity index (χ3v) is 3.14. The molecule has 7 heteroatoms. The lowest BCUT2D eigenvalue weighted by Crippen LogP contribution is -2.14. The number of nitrogens with one attached hydrogen (secondary N) is 2. The van der Waals surface area contributed by atoms with Gasteiger partial charge in [0.25, 0.3) is 0 Å². The number of aromatic nitrogens is 4. The van der Waals surface area contributed by atoms with E-state index in [0.717, 1.165) is 41.4 Å². The fraction of sp³-hybridized carbons (Fsp3) is 0.462. The Labute approximate surface area is 118 Å². The number of hydrogen-bond donors (Lipinski definition) is 3. The van der Waals surface area contributed by atoms with Crippen LogP contribution in [-0.2, 0) is 19.9 Å². The minimum Gasteiger partial charge on any atom is -0.337 e. The minimum absolute atomic E-state index is 0.640. The van der Waals surface area contributed by atoms with Crippen LogP contribution in [0.25, 0.3) is 0 Å². The standard InChI is InChI=1S/C13H21N7/c1-5-9-10(7-20(4)19-9)15-12-8(3)13(18-14)17-11(6-2)16-12/h7H,5-6,14H2,1-4H3,(H2,15,16,17,18). The van der Waals surface area contributed by atoms with Crippen LogP contribution in [0, 0.1) is 6.92 Å². The van der Waals surface area contributed by atoms with Gasteiger partial charge in [-0.05, 0) is 13.3 Å². The van der Waals surface area contributed by atoms with Crippen molar-refractivity contribution in [1.29, 1.82) is 0 Å². The Balaban J connectivity index is 2.41. The number of hydrogen-bond acceptors (Lipinski definition) is 6. The van der Waals surface area contributed by atoms with Gasteiger partial charge in [0.05, 0.1) is 11.4 Å². The number of nitrogen functional groups attached to an aromatic ring is 1. The van der Waals surface area contributed by atoms with Crippen LogP contribution in [0.2, 0.25) is 0 Å². The average molecular weight is 275 g/mol. The second-order valence-electron chi connectivity index (χ2n) is 4.60. The lowest BCUT2D eigenvalue weighted by Gasteiger charge is -2.12. The lowest BCUT2D eigenvalue weighted by molar-refractivity contribution is 0.746. The Morgan fingerprint density at radius 1 is 1.20 bits per heavy atom. The Morgan fingerprint density at radius 2 is 1.90 bits per heavy atom. The largest absolute Gasteiger partial charge is 0.337 e. The Morgan fingerprint density at radius 3 is 2.50 bits per heavy atom. The third kappa shape index (κ3) is 2.72. The molecule has 0 aliphatic heterocycles. The molecule has 0 atom stereocenters. The average Bonchev–Trinajstić information content (AvgIpc) is 2.81. The number of anilines is 3. The summed E-state index contributed by atoms with van der Waals surface area (Å²) in [4.78, 5) is 8.88. The first kappa shape index (κ1) is 14.3. The van der Waals surface area contributed by atoms with Gasteiger partial charge in [0.1, 0.15) is 17.5 Å². The van der Waals surface area contributed by atoms with E-state index in [9.17, 15) is 0 Å². The van der Waals surface area contributed by atoms with Crippen molar-refractivity contribution < 1.29 is 0 Å². The molecule has 0 spiro atoms. The fourth-order valence-corrected chi connectivity index (χ4v) is 2.01. The Kier molecular flexibility index (Phi) is 4.19. The first-order valence-corrected chi connectivity index (χ1v) is 6.72. The van der Waals surface area contributed by atoms with Crippen molar-refractivity contribution in [2.24, 2.45) is 12.9 Å². The van der Waals surface area contributed by atoms with E-state index in [1.54, 1.807) is 4.68 Å². The van der Waals surface area contributed by atoms with Crippen molar-refractivity contribution >= 4 is 17.3 Å². The molecule has 0 saturated carbocycles. The summed E-state index contributed by atoms with van der Waals surface area (Å²) in [7, 11) is 1.90. The van der Waals surface area contributed by atoms with E-state index in [4.69, 9.17) is 5.84 Å². The molecule has 2 aromatic heterocycles. The van der Waals surface area contributed by atoms with Crippen LogP contribution in [0.15, 0.2) is 6.20 Å². The van der Waals surface area contributed by atoms with Gasteiger partial charge in [-0.1, -0.05) is 13.8 Å². The monoisotopic (exact) mass is 275 g/mol. The van der Waals surface area contributed by atoms with Crippen molar-refractivity contribution in [2.75, 3.05) is 10.7 Å². The van der Waals surface area contributed by atoms with E-state index in [2.05, 4.69) is 32.7 Å². The minimum atomic E-state index is 0.640. The predicted octanol–water partition coefficient (Wildman–Crippen LogP) is 1.67. The summed E-state index contributed by atoms with van der Waals surface area (Å²) < 4.78 is 1.79. The molecule has 2 rings (SSSR count). The second-order valence-corrected chi connectivity index (χ2v) is 4.60. The number of hydrazine groups is 1.